The smallest absolute Gasteiger partial charge is 0.303 e. The lowest BCUT2D eigenvalue weighted by molar-refractivity contribution is -0.152. The largest absolute Gasteiger partial charge is 0.508 e. The lowest BCUT2D eigenvalue weighted by Gasteiger charge is -2.28. The third kappa shape index (κ3) is 4.92. The number of aryl methyl sites for hydroxylation is 1. The van der Waals surface area contributed by atoms with E-state index < -0.39 is 17.3 Å². The minimum Gasteiger partial charge on any atom is -0.508 e. The predicted octanol–water partition coefficient (Wildman–Crippen LogP) is 3.37. The highest BCUT2D eigenvalue weighted by molar-refractivity contribution is 7.99. The fourth-order valence-electron chi connectivity index (χ4n) is 3.27. The van der Waals surface area contributed by atoms with Crippen LogP contribution in [-0.4, -0.2) is 55.2 Å². The summed E-state index contributed by atoms with van der Waals surface area (Å²) in [5.41, 5.74) is 2.73. The van der Waals surface area contributed by atoms with Gasteiger partial charge in [0.25, 0.3) is 5.91 Å². The maximum atomic E-state index is 13.6. The van der Waals surface area contributed by atoms with E-state index in [-0.39, 0.29) is 11.7 Å². The van der Waals surface area contributed by atoms with E-state index in [2.05, 4.69) is 6.07 Å². The molecule has 2 unspecified atom stereocenters. The molecule has 0 aromatic heterocycles. The summed E-state index contributed by atoms with van der Waals surface area (Å²) in [6.07, 6.45) is -0.961. The summed E-state index contributed by atoms with van der Waals surface area (Å²) in [6, 6.07) is 12.7. The minimum absolute atomic E-state index is 0.145. The number of ether oxygens (including phenoxy) is 1. The number of esters is 1. The van der Waals surface area contributed by atoms with Crippen LogP contribution in [0.15, 0.2) is 47.4 Å². The van der Waals surface area contributed by atoms with Gasteiger partial charge in [0, 0.05) is 24.9 Å². The summed E-state index contributed by atoms with van der Waals surface area (Å²) in [4.78, 5) is 30.1. The maximum Gasteiger partial charge on any atom is 0.303 e. The van der Waals surface area contributed by atoms with Crippen LogP contribution in [0.2, 0.25) is 0 Å². The number of fused-ring (bicyclic) bond motifs is 1. The van der Waals surface area contributed by atoms with Gasteiger partial charge in [0.05, 0.1) is 10.9 Å². The van der Waals surface area contributed by atoms with Gasteiger partial charge in [0.1, 0.15) is 5.75 Å². The van der Waals surface area contributed by atoms with Crippen LogP contribution < -0.4 is 4.90 Å². The normalized spacial score (nSPS) is 19.1. The van der Waals surface area contributed by atoms with E-state index in [9.17, 15) is 14.7 Å². The van der Waals surface area contributed by atoms with E-state index >= 15 is 0 Å². The van der Waals surface area contributed by atoms with Gasteiger partial charge in [-0.05, 0) is 56.4 Å². The SMILES string of the molecule is CC(=O)OC1C(=O)N(CCN(C)C)c2ccc(C)cc2SC1c1ccc(O)cc1. The highest BCUT2D eigenvalue weighted by Crippen LogP contribution is 2.47. The first-order valence-electron chi connectivity index (χ1n) is 9.46. The van der Waals surface area contributed by atoms with Crippen LogP contribution in [0.5, 0.6) is 5.75 Å². The maximum absolute atomic E-state index is 13.6. The lowest BCUT2D eigenvalue weighted by atomic mass is 10.1. The summed E-state index contributed by atoms with van der Waals surface area (Å²) in [5, 5.41) is 9.24. The van der Waals surface area contributed by atoms with Crippen LogP contribution in [0, 0.1) is 6.92 Å². The fraction of sp³-hybridized carbons (Fsp3) is 0.364. The third-order valence-corrected chi connectivity index (χ3v) is 6.08. The Kier molecular flexibility index (Phi) is 6.49. The van der Waals surface area contributed by atoms with Crippen molar-refractivity contribution in [1.29, 1.82) is 0 Å². The van der Waals surface area contributed by atoms with E-state index in [4.69, 9.17) is 4.74 Å². The van der Waals surface area contributed by atoms with Crippen molar-refractivity contribution in [3.8, 4) is 5.75 Å². The molecule has 2 atom stereocenters. The predicted molar refractivity (Wildman–Crippen MR) is 114 cm³/mol. The molecule has 0 aliphatic carbocycles. The van der Waals surface area contributed by atoms with Crippen LogP contribution in [0.1, 0.15) is 23.3 Å². The van der Waals surface area contributed by atoms with Gasteiger partial charge in [-0.3, -0.25) is 9.59 Å². The Bertz CT molecular complexity index is 898. The number of thioether (sulfide) groups is 1. The number of hydrogen-bond donors (Lipinski definition) is 1. The van der Waals surface area contributed by atoms with Crippen LogP contribution in [0.25, 0.3) is 0 Å². The number of anilines is 1. The standard InChI is InChI=1S/C22H26N2O4S/c1-14-5-10-18-19(13-14)29-21(16-6-8-17(26)9-7-16)20(28-15(2)25)22(27)24(18)12-11-23(3)4/h5-10,13,20-21,26H,11-12H2,1-4H3. The highest BCUT2D eigenvalue weighted by atomic mass is 32.2. The number of phenolic OH excluding ortho intramolecular Hbond substituents is 1. The monoisotopic (exact) mass is 414 g/mol. The summed E-state index contributed by atoms with van der Waals surface area (Å²) in [7, 11) is 3.91. The zero-order chi connectivity index (χ0) is 21.1. The van der Waals surface area contributed by atoms with Gasteiger partial charge in [0.2, 0.25) is 0 Å². The Balaban J connectivity index is 2.10. The number of amides is 1. The van der Waals surface area contributed by atoms with E-state index in [1.54, 1.807) is 29.2 Å². The van der Waals surface area contributed by atoms with Crippen molar-refractivity contribution in [3.05, 3.63) is 53.6 Å². The molecule has 2 aromatic rings. The molecule has 1 N–H and O–H groups in total. The molecule has 2 aromatic carbocycles. The molecule has 1 amide bonds. The molecular formula is C22H26N2O4S. The Hall–Kier alpha value is -2.51. The molecule has 3 rings (SSSR count). The molecule has 1 aliphatic heterocycles. The van der Waals surface area contributed by atoms with Crippen molar-refractivity contribution < 1.29 is 19.4 Å². The van der Waals surface area contributed by atoms with Crippen LogP contribution in [-0.2, 0) is 14.3 Å². The van der Waals surface area contributed by atoms with Gasteiger partial charge < -0.3 is 19.6 Å². The molecule has 154 valence electrons. The molecule has 0 spiro atoms. The first kappa shape index (κ1) is 21.2. The van der Waals surface area contributed by atoms with Crippen LogP contribution in [0.4, 0.5) is 5.69 Å². The zero-order valence-corrected chi connectivity index (χ0v) is 17.9. The van der Waals surface area contributed by atoms with Crippen molar-refractivity contribution in [2.75, 3.05) is 32.1 Å². The highest BCUT2D eigenvalue weighted by Gasteiger charge is 2.40. The molecule has 6 nitrogen and oxygen atoms in total. The molecule has 7 heteroatoms. The average molecular weight is 415 g/mol. The molecular weight excluding hydrogens is 388 g/mol. The van der Waals surface area contributed by atoms with Crippen LogP contribution in [0.3, 0.4) is 0 Å². The van der Waals surface area contributed by atoms with Gasteiger partial charge in [-0.15, -0.1) is 11.8 Å². The Labute approximate surface area is 175 Å². The van der Waals surface area contributed by atoms with Crippen molar-refractivity contribution in [2.45, 2.75) is 30.1 Å². The van der Waals surface area contributed by atoms with Gasteiger partial charge in [0.15, 0.2) is 6.10 Å². The summed E-state index contributed by atoms with van der Waals surface area (Å²) < 4.78 is 5.55. The minimum atomic E-state index is -0.961. The fourth-order valence-corrected chi connectivity index (χ4v) is 4.68. The quantitative estimate of drug-likeness (QED) is 0.757. The number of hydrogen-bond acceptors (Lipinski definition) is 6. The second-order valence-corrected chi connectivity index (χ2v) is 8.61. The number of benzene rings is 2. The van der Waals surface area contributed by atoms with E-state index in [0.29, 0.717) is 13.1 Å². The first-order valence-corrected chi connectivity index (χ1v) is 10.3. The molecule has 1 aliphatic rings. The number of carbonyl (C=O) groups is 2. The molecule has 29 heavy (non-hydrogen) atoms. The second-order valence-electron chi connectivity index (χ2n) is 7.42. The second kappa shape index (κ2) is 8.88. The lowest BCUT2D eigenvalue weighted by Crippen LogP contribution is -2.45. The van der Waals surface area contributed by atoms with Crippen molar-refractivity contribution in [1.82, 2.24) is 4.90 Å². The molecule has 0 bridgehead atoms. The number of phenols is 1. The summed E-state index contributed by atoms with van der Waals surface area (Å²) in [5.74, 6) is -0.593. The van der Waals surface area contributed by atoms with Crippen molar-refractivity contribution in [2.24, 2.45) is 0 Å². The van der Waals surface area contributed by atoms with Crippen LogP contribution >= 0.6 is 11.8 Å². The topological polar surface area (TPSA) is 70.1 Å². The van der Waals surface area contributed by atoms with Crippen molar-refractivity contribution >= 4 is 29.3 Å². The molecule has 0 saturated heterocycles. The van der Waals surface area contributed by atoms with E-state index in [1.807, 2.05) is 38.1 Å². The number of carbonyl (C=O) groups excluding carboxylic acids is 2. The average Bonchev–Trinajstić information content (AvgIpc) is 2.76. The van der Waals surface area contributed by atoms with Gasteiger partial charge in [-0.2, -0.15) is 0 Å². The molecule has 0 fully saturated rings. The Morgan fingerprint density at radius 1 is 1.21 bits per heavy atom. The third-order valence-electron chi connectivity index (χ3n) is 4.73. The first-order chi connectivity index (χ1) is 13.8. The van der Waals surface area contributed by atoms with E-state index in [0.717, 1.165) is 21.7 Å². The Morgan fingerprint density at radius 2 is 1.90 bits per heavy atom. The summed E-state index contributed by atoms with van der Waals surface area (Å²) >= 11 is 1.51. The zero-order valence-electron chi connectivity index (χ0n) is 17.1. The molecule has 1 heterocycles. The number of likely N-dealkylation sites (N-methyl/N-ethyl adjacent to an activating group) is 1. The van der Waals surface area contributed by atoms with Gasteiger partial charge >= 0.3 is 5.97 Å². The summed E-state index contributed by atoms with van der Waals surface area (Å²) in [6.45, 7) is 4.50. The van der Waals surface area contributed by atoms with E-state index in [1.165, 1.54) is 18.7 Å². The molecule has 0 radical (unpaired) electrons. The number of aromatic hydroxyl groups is 1. The van der Waals surface area contributed by atoms with Gasteiger partial charge in [-0.25, -0.2) is 0 Å². The molecule has 0 saturated carbocycles. The number of rotatable bonds is 5. The van der Waals surface area contributed by atoms with Gasteiger partial charge in [-0.1, -0.05) is 18.2 Å². The number of nitrogens with zero attached hydrogens (tertiary/aromatic N) is 2. The van der Waals surface area contributed by atoms with Crippen molar-refractivity contribution in [3.63, 3.8) is 0 Å². The Morgan fingerprint density at radius 3 is 2.52 bits per heavy atom.